The van der Waals surface area contributed by atoms with E-state index in [1.807, 2.05) is 0 Å². The predicted octanol–water partition coefficient (Wildman–Crippen LogP) is 3.93. The summed E-state index contributed by atoms with van der Waals surface area (Å²) in [6.07, 6.45) is 0.554. The summed E-state index contributed by atoms with van der Waals surface area (Å²) in [5.41, 5.74) is -0.00571. The molecule has 0 aliphatic carbocycles. The Balaban J connectivity index is 1.73. The van der Waals surface area contributed by atoms with Crippen LogP contribution in [0.1, 0.15) is 16.8 Å². The van der Waals surface area contributed by atoms with Gasteiger partial charge < -0.3 is 10.1 Å². The molecule has 116 valence electrons. The molecule has 0 radical (unpaired) electrons. The Hall–Kier alpha value is -1.95. The van der Waals surface area contributed by atoms with E-state index < -0.39 is 11.7 Å². The first-order valence-corrected chi connectivity index (χ1v) is 7.47. The van der Waals surface area contributed by atoms with E-state index in [0.717, 1.165) is 0 Å². The topological polar surface area (TPSA) is 38.3 Å². The van der Waals surface area contributed by atoms with Gasteiger partial charge in [0.15, 0.2) is 0 Å². The Kier molecular flexibility index (Phi) is 5.89. The Morgan fingerprint density at radius 1 is 1.14 bits per heavy atom. The fourth-order valence-corrected chi connectivity index (χ4v) is 2.12. The lowest BCUT2D eigenvalue weighted by Crippen LogP contribution is -2.26. The van der Waals surface area contributed by atoms with E-state index in [4.69, 9.17) is 4.74 Å². The molecule has 0 heterocycles. The number of ether oxygens (including phenoxy) is 1. The van der Waals surface area contributed by atoms with Crippen molar-refractivity contribution in [3.05, 3.63) is 64.1 Å². The van der Waals surface area contributed by atoms with Crippen LogP contribution in [0.5, 0.6) is 5.75 Å². The highest BCUT2D eigenvalue weighted by molar-refractivity contribution is 9.10. The molecule has 2 rings (SSSR count). The third-order valence-electron chi connectivity index (χ3n) is 2.86. The Bertz CT molecular complexity index is 647. The molecule has 0 saturated heterocycles. The summed E-state index contributed by atoms with van der Waals surface area (Å²) in [5, 5.41) is 2.62. The van der Waals surface area contributed by atoms with Crippen molar-refractivity contribution >= 4 is 21.8 Å². The number of hydrogen-bond donors (Lipinski definition) is 1. The van der Waals surface area contributed by atoms with Gasteiger partial charge in [-0.15, -0.1) is 0 Å². The van der Waals surface area contributed by atoms with Gasteiger partial charge in [-0.2, -0.15) is 0 Å². The molecule has 2 aromatic carbocycles. The quantitative estimate of drug-likeness (QED) is 0.783. The maximum absolute atomic E-state index is 13.5. The first kappa shape index (κ1) is 16.4. The number of amides is 1. The van der Waals surface area contributed by atoms with E-state index in [1.54, 1.807) is 0 Å². The highest BCUT2D eigenvalue weighted by Crippen LogP contribution is 2.15. The zero-order valence-electron chi connectivity index (χ0n) is 11.6. The van der Waals surface area contributed by atoms with Crippen LogP contribution >= 0.6 is 15.9 Å². The van der Waals surface area contributed by atoms with Crippen molar-refractivity contribution in [1.29, 1.82) is 0 Å². The van der Waals surface area contributed by atoms with Crippen LogP contribution in [0.4, 0.5) is 8.78 Å². The maximum atomic E-state index is 13.5. The molecule has 0 aliphatic heterocycles. The van der Waals surface area contributed by atoms with E-state index in [1.165, 1.54) is 42.5 Å². The Labute approximate surface area is 135 Å². The van der Waals surface area contributed by atoms with Crippen molar-refractivity contribution in [2.45, 2.75) is 6.42 Å². The molecule has 6 heteroatoms. The zero-order chi connectivity index (χ0) is 15.9. The standard InChI is InChI=1S/C16H14BrF2NO2/c17-11-2-7-15(19)14(10-11)16(21)20-8-1-9-22-13-5-3-12(18)4-6-13/h2-7,10H,1,8-9H2,(H,20,21). The molecule has 0 atom stereocenters. The minimum absolute atomic E-state index is 0.00571. The predicted molar refractivity (Wildman–Crippen MR) is 82.9 cm³/mol. The van der Waals surface area contributed by atoms with Crippen molar-refractivity contribution in [2.24, 2.45) is 0 Å². The van der Waals surface area contributed by atoms with Gasteiger partial charge in [-0.3, -0.25) is 4.79 Å². The number of hydrogen-bond acceptors (Lipinski definition) is 2. The van der Waals surface area contributed by atoms with Gasteiger partial charge in [-0.25, -0.2) is 8.78 Å². The van der Waals surface area contributed by atoms with Crippen molar-refractivity contribution in [2.75, 3.05) is 13.2 Å². The van der Waals surface area contributed by atoms with Crippen molar-refractivity contribution in [3.63, 3.8) is 0 Å². The number of rotatable bonds is 6. The van der Waals surface area contributed by atoms with E-state index in [-0.39, 0.29) is 11.4 Å². The van der Waals surface area contributed by atoms with Gasteiger partial charge in [0.1, 0.15) is 17.4 Å². The average molecular weight is 370 g/mol. The van der Waals surface area contributed by atoms with Crippen molar-refractivity contribution in [3.8, 4) is 5.75 Å². The van der Waals surface area contributed by atoms with Crippen LogP contribution in [0, 0.1) is 11.6 Å². The number of benzene rings is 2. The van der Waals surface area contributed by atoms with Crippen LogP contribution in [-0.2, 0) is 0 Å². The summed E-state index contributed by atoms with van der Waals surface area (Å²) in [6.45, 7) is 0.721. The first-order chi connectivity index (χ1) is 10.6. The lowest BCUT2D eigenvalue weighted by atomic mass is 10.2. The van der Waals surface area contributed by atoms with Crippen LogP contribution in [0.3, 0.4) is 0 Å². The van der Waals surface area contributed by atoms with Crippen LogP contribution < -0.4 is 10.1 Å². The average Bonchev–Trinajstić information content (AvgIpc) is 2.51. The molecule has 3 nitrogen and oxygen atoms in total. The van der Waals surface area contributed by atoms with Gasteiger partial charge in [0, 0.05) is 11.0 Å². The molecule has 0 saturated carbocycles. The lowest BCUT2D eigenvalue weighted by molar-refractivity contribution is 0.0947. The zero-order valence-corrected chi connectivity index (χ0v) is 13.2. The summed E-state index contributed by atoms with van der Waals surface area (Å²) in [4.78, 5) is 11.8. The molecule has 0 fully saturated rings. The maximum Gasteiger partial charge on any atom is 0.254 e. The highest BCUT2D eigenvalue weighted by Gasteiger charge is 2.11. The number of nitrogens with one attached hydrogen (secondary N) is 1. The molecule has 1 N–H and O–H groups in total. The first-order valence-electron chi connectivity index (χ1n) is 6.68. The van der Waals surface area contributed by atoms with Gasteiger partial charge in [0.25, 0.3) is 5.91 Å². The van der Waals surface area contributed by atoms with Gasteiger partial charge in [0.2, 0.25) is 0 Å². The van der Waals surface area contributed by atoms with E-state index in [9.17, 15) is 13.6 Å². The van der Waals surface area contributed by atoms with Crippen LogP contribution in [0.25, 0.3) is 0 Å². The fraction of sp³-hybridized carbons (Fsp3) is 0.188. The van der Waals surface area contributed by atoms with Gasteiger partial charge in [-0.1, -0.05) is 15.9 Å². The van der Waals surface area contributed by atoms with Gasteiger partial charge in [-0.05, 0) is 48.9 Å². The molecule has 0 spiro atoms. The van der Waals surface area contributed by atoms with Crippen molar-refractivity contribution in [1.82, 2.24) is 5.32 Å². The second-order valence-electron chi connectivity index (χ2n) is 4.54. The van der Waals surface area contributed by atoms with Crippen LogP contribution in [0.2, 0.25) is 0 Å². The molecule has 0 aromatic heterocycles. The second kappa shape index (κ2) is 7.89. The van der Waals surface area contributed by atoms with E-state index in [0.29, 0.717) is 29.8 Å². The molecule has 22 heavy (non-hydrogen) atoms. The Morgan fingerprint density at radius 3 is 2.59 bits per heavy atom. The largest absolute Gasteiger partial charge is 0.494 e. The van der Waals surface area contributed by atoms with E-state index in [2.05, 4.69) is 21.2 Å². The summed E-state index contributed by atoms with van der Waals surface area (Å²) in [7, 11) is 0. The summed E-state index contributed by atoms with van der Waals surface area (Å²) < 4.78 is 32.2. The summed E-state index contributed by atoms with van der Waals surface area (Å²) in [6, 6.07) is 9.88. The summed E-state index contributed by atoms with van der Waals surface area (Å²) in [5.74, 6) is -0.801. The van der Waals surface area contributed by atoms with Gasteiger partial charge in [0.05, 0.1) is 12.2 Å². The molecule has 0 bridgehead atoms. The number of carbonyl (C=O) groups excluding carboxylic acids is 1. The third kappa shape index (κ3) is 4.80. The Morgan fingerprint density at radius 2 is 1.86 bits per heavy atom. The molecule has 0 unspecified atom stereocenters. The van der Waals surface area contributed by atoms with Gasteiger partial charge >= 0.3 is 0 Å². The SMILES string of the molecule is O=C(NCCCOc1ccc(F)cc1)c1cc(Br)ccc1F. The number of halogens is 3. The smallest absolute Gasteiger partial charge is 0.254 e. The second-order valence-corrected chi connectivity index (χ2v) is 5.45. The van der Waals surface area contributed by atoms with Crippen LogP contribution in [0.15, 0.2) is 46.9 Å². The summed E-state index contributed by atoms with van der Waals surface area (Å²) >= 11 is 3.20. The van der Waals surface area contributed by atoms with Crippen LogP contribution in [-0.4, -0.2) is 19.1 Å². The van der Waals surface area contributed by atoms with Crippen molar-refractivity contribution < 1.29 is 18.3 Å². The molecular weight excluding hydrogens is 356 g/mol. The highest BCUT2D eigenvalue weighted by atomic mass is 79.9. The molecule has 1 amide bonds. The molecule has 0 aliphatic rings. The number of carbonyl (C=O) groups is 1. The minimum Gasteiger partial charge on any atom is -0.494 e. The molecule has 2 aromatic rings. The van der Waals surface area contributed by atoms with E-state index >= 15 is 0 Å². The monoisotopic (exact) mass is 369 g/mol. The molecular formula is C16H14BrF2NO2. The third-order valence-corrected chi connectivity index (χ3v) is 3.36. The minimum atomic E-state index is -0.566. The normalized spacial score (nSPS) is 10.3. The fourth-order valence-electron chi connectivity index (χ4n) is 1.76. The lowest BCUT2D eigenvalue weighted by Gasteiger charge is -2.08.